The lowest BCUT2D eigenvalue weighted by Crippen LogP contribution is -1.99. The van der Waals surface area contributed by atoms with Crippen molar-refractivity contribution in [2.45, 2.75) is 38.7 Å². The summed E-state index contributed by atoms with van der Waals surface area (Å²) < 4.78 is 13.4. The van der Waals surface area contributed by atoms with Crippen LogP contribution in [0.15, 0.2) is 17.0 Å². The largest absolute Gasteiger partial charge is 0.389 e. The molecule has 0 radical (unpaired) electrons. The van der Waals surface area contributed by atoms with Gasteiger partial charge in [0.25, 0.3) is 0 Å². The van der Waals surface area contributed by atoms with E-state index in [1.165, 1.54) is 17.8 Å². The van der Waals surface area contributed by atoms with Crippen LogP contribution in [0.1, 0.15) is 38.0 Å². The van der Waals surface area contributed by atoms with Crippen molar-refractivity contribution in [2.24, 2.45) is 0 Å². The molecule has 0 fully saturated rings. The molecule has 1 aromatic rings. The molecule has 1 N–H and O–H groups in total. The van der Waals surface area contributed by atoms with Gasteiger partial charge in [-0.3, -0.25) is 0 Å². The standard InChI is InChI=1S/C10H13FOS.C2H6/c1-6-4-8(11)10(7(2)12)9(5-6)13-3;1-2/h4-5,7,12H,1-3H3;1-2H3. The molecule has 0 heterocycles. The zero-order valence-corrected chi connectivity index (χ0v) is 10.8. The Morgan fingerprint density at radius 1 is 1.33 bits per heavy atom. The van der Waals surface area contributed by atoms with Gasteiger partial charge in [0.2, 0.25) is 0 Å². The second-order valence-corrected chi connectivity index (χ2v) is 3.89. The fourth-order valence-electron chi connectivity index (χ4n) is 1.30. The van der Waals surface area contributed by atoms with Gasteiger partial charge in [-0.15, -0.1) is 11.8 Å². The Kier molecular flexibility index (Phi) is 6.61. The second kappa shape index (κ2) is 6.85. The normalized spacial score (nSPS) is 11.7. The second-order valence-electron chi connectivity index (χ2n) is 3.04. The third-order valence-corrected chi connectivity index (χ3v) is 2.65. The maximum Gasteiger partial charge on any atom is 0.130 e. The number of aliphatic hydroxyl groups excluding tert-OH is 1. The van der Waals surface area contributed by atoms with Crippen LogP contribution in [0.5, 0.6) is 0 Å². The highest BCUT2D eigenvalue weighted by molar-refractivity contribution is 7.98. The first-order chi connectivity index (χ1) is 7.06. The van der Waals surface area contributed by atoms with E-state index >= 15 is 0 Å². The topological polar surface area (TPSA) is 20.2 Å². The molecule has 0 bridgehead atoms. The van der Waals surface area contributed by atoms with Gasteiger partial charge >= 0.3 is 0 Å². The molecule has 15 heavy (non-hydrogen) atoms. The van der Waals surface area contributed by atoms with E-state index in [0.717, 1.165) is 10.5 Å². The van der Waals surface area contributed by atoms with E-state index in [1.807, 2.05) is 33.1 Å². The third kappa shape index (κ3) is 3.84. The average molecular weight is 230 g/mol. The summed E-state index contributed by atoms with van der Waals surface area (Å²) in [6.07, 6.45) is 1.13. The van der Waals surface area contributed by atoms with Crippen molar-refractivity contribution < 1.29 is 9.50 Å². The SMILES string of the molecule is CC.CSc1cc(C)cc(F)c1C(C)O. The Morgan fingerprint density at radius 2 is 1.87 bits per heavy atom. The summed E-state index contributed by atoms with van der Waals surface area (Å²) in [5, 5.41) is 9.35. The van der Waals surface area contributed by atoms with E-state index in [4.69, 9.17) is 0 Å². The quantitative estimate of drug-likeness (QED) is 0.777. The number of thioether (sulfide) groups is 1. The number of aliphatic hydroxyl groups is 1. The van der Waals surface area contributed by atoms with Gasteiger partial charge in [-0.2, -0.15) is 0 Å². The van der Waals surface area contributed by atoms with Crippen molar-refractivity contribution >= 4 is 11.8 Å². The van der Waals surface area contributed by atoms with Crippen molar-refractivity contribution in [3.63, 3.8) is 0 Å². The average Bonchev–Trinajstić information content (AvgIpc) is 2.18. The molecule has 0 saturated heterocycles. The summed E-state index contributed by atoms with van der Waals surface area (Å²) in [5.74, 6) is -0.320. The van der Waals surface area contributed by atoms with Crippen LogP contribution >= 0.6 is 11.8 Å². The molecule has 0 aliphatic heterocycles. The van der Waals surface area contributed by atoms with Gasteiger partial charge in [-0.25, -0.2) is 4.39 Å². The first kappa shape index (κ1) is 14.5. The summed E-state index contributed by atoms with van der Waals surface area (Å²) in [7, 11) is 0. The maximum absolute atomic E-state index is 13.4. The molecular formula is C12H19FOS. The molecule has 86 valence electrons. The lowest BCUT2D eigenvalue weighted by Gasteiger charge is -2.12. The minimum atomic E-state index is -0.747. The number of hydrogen-bond donors (Lipinski definition) is 1. The molecule has 0 aromatic heterocycles. The van der Waals surface area contributed by atoms with Crippen LogP contribution < -0.4 is 0 Å². The predicted octanol–water partition coefficient (Wildman–Crippen LogP) is 3.94. The highest BCUT2D eigenvalue weighted by atomic mass is 32.2. The molecule has 0 aliphatic carbocycles. The van der Waals surface area contributed by atoms with E-state index in [-0.39, 0.29) is 5.82 Å². The van der Waals surface area contributed by atoms with E-state index < -0.39 is 6.10 Å². The number of benzene rings is 1. The van der Waals surface area contributed by atoms with Crippen molar-refractivity contribution in [1.82, 2.24) is 0 Å². The minimum absolute atomic E-state index is 0.320. The van der Waals surface area contributed by atoms with E-state index in [0.29, 0.717) is 5.56 Å². The molecule has 0 amide bonds. The Hall–Kier alpha value is -0.540. The van der Waals surface area contributed by atoms with Crippen LogP contribution in [0.2, 0.25) is 0 Å². The van der Waals surface area contributed by atoms with Crippen molar-refractivity contribution in [3.05, 3.63) is 29.1 Å². The first-order valence-electron chi connectivity index (χ1n) is 5.08. The first-order valence-corrected chi connectivity index (χ1v) is 6.31. The van der Waals surface area contributed by atoms with Gasteiger partial charge in [-0.05, 0) is 37.8 Å². The fraction of sp³-hybridized carbons (Fsp3) is 0.500. The van der Waals surface area contributed by atoms with Crippen LogP contribution in [-0.2, 0) is 0 Å². The summed E-state index contributed by atoms with van der Waals surface area (Å²) >= 11 is 1.45. The number of hydrogen-bond acceptors (Lipinski definition) is 2. The van der Waals surface area contributed by atoms with Crippen LogP contribution in [0.3, 0.4) is 0 Å². The molecule has 0 spiro atoms. The zero-order valence-electron chi connectivity index (χ0n) is 9.97. The molecule has 1 aromatic carbocycles. The number of aryl methyl sites for hydroxylation is 1. The Labute approximate surface area is 95.7 Å². The van der Waals surface area contributed by atoms with Crippen molar-refractivity contribution in [2.75, 3.05) is 6.26 Å². The molecular weight excluding hydrogens is 211 g/mol. The maximum atomic E-state index is 13.4. The molecule has 0 saturated carbocycles. The van der Waals surface area contributed by atoms with Crippen molar-refractivity contribution in [1.29, 1.82) is 0 Å². The zero-order chi connectivity index (χ0) is 12.0. The summed E-state index contributed by atoms with van der Waals surface area (Å²) in [5.41, 5.74) is 1.28. The van der Waals surface area contributed by atoms with Crippen LogP contribution in [0.4, 0.5) is 4.39 Å². The van der Waals surface area contributed by atoms with Crippen LogP contribution in [0.25, 0.3) is 0 Å². The third-order valence-electron chi connectivity index (χ3n) is 1.87. The van der Waals surface area contributed by atoms with Gasteiger partial charge < -0.3 is 5.11 Å². The molecule has 0 aliphatic rings. The van der Waals surface area contributed by atoms with E-state index in [2.05, 4.69) is 0 Å². The molecule has 1 nitrogen and oxygen atoms in total. The lowest BCUT2D eigenvalue weighted by molar-refractivity contribution is 0.191. The molecule has 1 unspecified atom stereocenters. The van der Waals surface area contributed by atoms with E-state index in [1.54, 1.807) is 6.92 Å². The molecule has 3 heteroatoms. The van der Waals surface area contributed by atoms with Gasteiger partial charge in [-0.1, -0.05) is 13.8 Å². The highest BCUT2D eigenvalue weighted by Gasteiger charge is 2.13. The van der Waals surface area contributed by atoms with Crippen LogP contribution in [-0.4, -0.2) is 11.4 Å². The highest BCUT2D eigenvalue weighted by Crippen LogP contribution is 2.29. The Morgan fingerprint density at radius 3 is 2.27 bits per heavy atom. The van der Waals surface area contributed by atoms with Gasteiger partial charge in [0.05, 0.1) is 6.10 Å². The fourth-order valence-corrected chi connectivity index (χ4v) is 2.09. The number of rotatable bonds is 2. The van der Waals surface area contributed by atoms with Gasteiger partial charge in [0, 0.05) is 10.5 Å². The van der Waals surface area contributed by atoms with Crippen molar-refractivity contribution in [3.8, 4) is 0 Å². The minimum Gasteiger partial charge on any atom is -0.389 e. The van der Waals surface area contributed by atoms with Crippen LogP contribution in [0, 0.1) is 12.7 Å². The summed E-state index contributed by atoms with van der Waals surface area (Å²) in [4.78, 5) is 0.813. The number of halogens is 1. The predicted molar refractivity (Wildman–Crippen MR) is 64.9 cm³/mol. The smallest absolute Gasteiger partial charge is 0.130 e. The van der Waals surface area contributed by atoms with Gasteiger partial charge in [0.1, 0.15) is 5.82 Å². The molecule has 1 rings (SSSR count). The Bertz CT molecular complexity index is 311. The Balaban J connectivity index is 0.000000921. The summed E-state index contributed by atoms with van der Waals surface area (Å²) in [6.45, 7) is 7.42. The lowest BCUT2D eigenvalue weighted by atomic mass is 10.1. The van der Waals surface area contributed by atoms with E-state index in [9.17, 15) is 9.50 Å². The summed E-state index contributed by atoms with van der Waals surface area (Å²) in [6, 6.07) is 3.33. The van der Waals surface area contributed by atoms with Gasteiger partial charge in [0.15, 0.2) is 0 Å². The monoisotopic (exact) mass is 230 g/mol. The molecule has 1 atom stereocenters.